The monoisotopic (exact) mass is 298 g/mol. The van der Waals surface area contributed by atoms with Gasteiger partial charge < -0.3 is 15.4 Å². The lowest BCUT2D eigenvalue weighted by atomic mass is 10.2. The zero-order valence-corrected chi connectivity index (χ0v) is 13.7. The Labute approximate surface area is 126 Å². The molecule has 114 valence electrons. The molecular formula is C14H26N4OS. The van der Waals surface area contributed by atoms with Crippen molar-refractivity contribution < 1.29 is 4.74 Å². The van der Waals surface area contributed by atoms with Crippen LogP contribution in [0.5, 0.6) is 0 Å². The maximum absolute atomic E-state index is 5.54. The zero-order valence-electron chi connectivity index (χ0n) is 12.9. The lowest BCUT2D eigenvalue weighted by Crippen LogP contribution is -2.13. The second-order valence-corrected chi connectivity index (χ2v) is 5.72. The number of aromatic nitrogens is 2. The van der Waals surface area contributed by atoms with Crippen molar-refractivity contribution in [2.24, 2.45) is 5.92 Å². The first-order valence-electron chi connectivity index (χ1n) is 7.14. The van der Waals surface area contributed by atoms with Crippen LogP contribution < -0.4 is 10.6 Å². The first-order valence-corrected chi connectivity index (χ1v) is 8.36. The van der Waals surface area contributed by atoms with E-state index in [2.05, 4.69) is 41.4 Å². The molecule has 0 saturated heterocycles. The van der Waals surface area contributed by atoms with Crippen molar-refractivity contribution in [3.8, 4) is 0 Å². The Hall–Kier alpha value is -1.01. The van der Waals surface area contributed by atoms with Crippen LogP contribution in [-0.4, -0.2) is 42.5 Å². The van der Waals surface area contributed by atoms with Crippen LogP contribution in [0.15, 0.2) is 11.2 Å². The number of hydrogen-bond acceptors (Lipinski definition) is 6. The maximum Gasteiger partial charge on any atom is 0.191 e. The molecular weight excluding hydrogens is 272 g/mol. The second kappa shape index (κ2) is 9.83. The summed E-state index contributed by atoms with van der Waals surface area (Å²) >= 11 is 1.54. The van der Waals surface area contributed by atoms with E-state index in [1.165, 1.54) is 0 Å². The highest BCUT2D eigenvalue weighted by molar-refractivity contribution is 7.98. The Kier molecular flexibility index (Phi) is 8.37. The molecule has 0 atom stereocenters. The van der Waals surface area contributed by atoms with Gasteiger partial charge in [-0.25, -0.2) is 9.97 Å². The minimum Gasteiger partial charge on any atom is -0.379 e. The van der Waals surface area contributed by atoms with Gasteiger partial charge in [0.15, 0.2) is 5.16 Å². The van der Waals surface area contributed by atoms with Gasteiger partial charge in [-0.2, -0.15) is 0 Å². The predicted molar refractivity (Wildman–Crippen MR) is 86.7 cm³/mol. The van der Waals surface area contributed by atoms with Gasteiger partial charge in [0.05, 0.1) is 6.61 Å². The summed E-state index contributed by atoms with van der Waals surface area (Å²) in [5.41, 5.74) is 0. The van der Waals surface area contributed by atoms with Crippen molar-refractivity contribution in [3.05, 3.63) is 6.07 Å². The first kappa shape index (κ1) is 17.0. The highest BCUT2D eigenvalue weighted by Crippen LogP contribution is 2.17. The Morgan fingerprint density at radius 1 is 1.20 bits per heavy atom. The van der Waals surface area contributed by atoms with Crippen molar-refractivity contribution in [2.75, 3.05) is 43.2 Å². The topological polar surface area (TPSA) is 59.1 Å². The highest BCUT2D eigenvalue weighted by atomic mass is 32.2. The molecule has 1 aromatic heterocycles. The Bertz CT molecular complexity index is 387. The van der Waals surface area contributed by atoms with Gasteiger partial charge in [0, 0.05) is 25.8 Å². The largest absolute Gasteiger partial charge is 0.379 e. The summed E-state index contributed by atoms with van der Waals surface area (Å²) in [6, 6.07) is 1.94. The standard InChI is InChI=1S/C14H26N4OS/c1-5-6-15-12-9-13(18-14(17-12)20-4)16-7-8-19-10-11(2)3/h9,11H,5-8,10H2,1-4H3,(H2,15,16,17,18). The molecule has 0 aliphatic heterocycles. The van der Waals surface area contributed by atoms with E-state index in [0.717, 1.165) is 42.9 Å². The summed E-state index contributed by atoms with van der Waals surface area (Å²) in [7, 11) is 0. The quantitative estimate of drug-likeness (QED) is 0.393. The molecule has 5 nitrogen and oxygen atoms in total. The van der Waals surface area contributed by atoms with Crippen LogP contribution in [0.1, 0.15) is 27.2 Å². The minimum atomic E-state index is 0.571. The number of ether oxygens (including phenoxy) is 1. The first-order chi connectivity index (χ1) is 9.65. The molecule has 1 rings (SSSR count). The van der Waals surface area contributed by atoms with Crippen molar-refractivity contribution in [1.82, 2.24) is 9.97 Å². The molecule has 1 aromatic rings. The zero-order chi connectivity index (χ0) is 14.8. The number of hydrogen-bond donors (Lipinski definition) is 2. The fourth-order valence-corrected chi connectivity index (χ4v) is 1.90. The van der Waals surface area contributed by atoms with Gasteiger partial charge in [0.2, 0.25) is 0 Å². The van der Waals surface area contributed by atoms with E-state index in [-0.39, 0.29) is 0 Å². The summed E-state index contributed by atoms with van der Waals surface area (Å²) in [6.45, 7) is 9.59. The number of nitrogens with one attached hydrogen (secondary N) is 2. The Balaban J connectivity index is 2.46. The van der Waals surface area contributed by atoms with Gasteiger partial charge >= 0.3 is 0 Å². The minimum absolute atomic E-state index is 0.571. The average Bonchev–Trinajstić information content (AvgIpc) is 2.44. The Morgan fingerprint density at radius 3 is 2.40 bits per heavy atom. The number of thioether (sulfide) groups is 1. The summed E-state index contributed by atoms with van der Waals surface area (Å²) in [5.74, 6) is 2.29. The van der Waals surface area contributed by atoms with Crippen molar-refractivity contribution >= 4 is 23.4 Å². The van der Waals surface area contributed by atoms with Crippen molar-refractivity contribution in [1.29, 1.82) is 0 Å². The van der Waals surface area contributed by atoms with Crippen LogP contribution >= 0.6 is 11.8 Å². The molecule has 0 unspecified atom stereocenters. The molecule has 0 radical (unpaired) electrons. The summed E-state index contributed by atoms with van der Waals surface area (Å²) in [5, 5.41) is 7.35. The summed E-state index contributed by atoms with van der Waals surface area (Å²) in [6.07, 6.45) is 3.05. The van der Waals surface area contributed by atoms with Gasteiger partial charge in [-0.3, -0.25) is 0 Å². The van der Waals surface area contributed by atoms with Gasteiger partial charge in [-0.1, -0.05) is 32.5 Å². The lowest BCUT2D eigenvalue weighted by molar-refractivity contribution is 0.118. The van der Waals surface area contributed by atoms with Gasteiger partial charge in [-0.15, -0.1) is 0 Å². The molecule has 0 spiro atoms. The van der Waals surface area contributed by atoms with E-state index >= 15 is 0 Å². The third kappa shape index (κ3) is 6.96. The van der Waals surface area contributed by atoms with E-state index in [1.54, 1.807) is 11.8 Å². The van der Waals surface area contributed by atoms with E-state index in [0.29, 0.717) is 12.5 Å². The molecule has 0 amide bonds. The number of anilines is 2. The third-order valence-corrected chi connectivity index (χ3v) is 3.00. The van der Waals surface area contributed by atoms with Crippen molar-refractivity contribution in [2.45, 2.75) is 32.3 Å². The van der Waals surface area contributed by atoms with Crippen LogP contribution in [-0.2, 0) is 4.74 Å². The average molecular weight is 298 g/mol. The highest BCUT2D eigenvalue weighted by Gasteiger charge is 2.03. The summed E-state index contributed by atoms with van der Waals surface area (Å²) in [4.78, 5) is 8.86. The second-order valence-electron chi connectivity index (χ2n) is 4.95. The maximum atomic E-state index is 5.54. The summed E-state index contributed by atoms with van der Waals surface area (Å²) < 4.78 is 5.54. The SMILES string of the molecule is CCCNc1cc(NCCOCC(C)C)nc(SC)n1. The van der Waals surface area contributed by atoms with Crippen LogP contribution in [0.2, 0.25) is 0 Å². The molecule has 6 heteroatoms. The molecule has 0 aromatic carbocycles. The fraction of sp³-hybridized carbons (Fsp3) is 0.714. The molecule has 2 N–H and O–H groups in total. The third-order valence-electron chi connectivity index (χ3n) is 2.45. The van der Waals surface area contributed by atoms with E-state index in [1.807, 2.05) is 12.3 Å². The van der Waals surface area contributed by atoms with E-state index in [4.69, 9.17) is 4.74 Å². The van der Waals surface area contributed by atoms with Crippen molar-refractivity contribution in [3.63, 3.8) is 0 Å². The molecule has 1 heterocycles. The number of nitrogens with zero attached hydrogens (tertiary/aromatic N) is 2. The molecule has 0 aliphatic rings. The number of rotatable bonds is 10. The van der Waals surface area contributed by atoms with Crippen LogP contribution in [0, 0.1) is 5.92 Å². The fourth-order valence-electron chi connectivity index (χ4n) is 1.52. The van der Waals surface area contributed by atoms with Crippen LogP contribution in [0.3, 0.4) is 0 Å². The molecule has 0 saturated carbocycles. The molecule has 0 bridgehead atoms. The molecule has 0 fully saturated rings. The Morgan fingerprint density at radius 2 is 1.85 bits per heavy atom. The van der Waals surface area contributed by atoms with Crippen LogP contribution in [0.25, 0.3) is 0 Å². The lowest BCUT2D eigenvalue weighted by Gasteiger charge is -2.11. The normalized spacial score (nSPS) is 10.8. The van der Waals surface area contributed by atoms with E-state index in [9.17, 15) is 0 Å². The van der Waals surface area contributed by atoms with Crippen LogP contribution in [0.4, 0.5) is 11.6 Å². The predicted octanol–water partition coefficient (Wildman–Crippen LogP) is 3.10. The van der Waals surface area contributed by atoms with Gasteiger partial charge in [-0.05, 0) is 18.6 Å². The van der Waals surface area contributed by atoms with Gasteiger partial charge in [0.25, 0.3) is 0 Å². The van der Waals surface area contributed by atoms with Gasteiger partial charge in [0.1, 0.15) is 11.6 Å². The van der Waals surface area contributed by atoms with E-state index < -0.39 is 0 Å². The molecule has 0 aliphatic carbocycles. The molecule has 20 heavy (non-hydrogen) atoms. The smallest absolute Gasteiger partial charge is 0.191 e.